The molecule has 2 nitrogen and oxygen atoms in total. The first kappa shape index (κ1) is 13.9. The number of hydrogen-bond acceptors (Lipinski definition) is 2. The normalized spacial score (nSPS) is 20.9. The van der Waals surface area contributed by atoms with Gasteiger partial charge in [0, 0.05) is 6.42 Å². The topological polar surface area (TPSA) is 34.1 Å². The van der Waals surface area contributed by atoms with Crippen molar-refractivity contribution in [3.8, 4) is 0 Å². The van der Waals surface area contributed by atoms with Crippen molar-refractivity contribution in [3.63, 3.8) is 0 Å². The lowest BCUT2D eigenvalue weighted by Crippen LogP contribution is -2.04. The molecule has 0 N–H and O–H groups in total. The Bertz CT molecular complexity index is 382. The molecule has 0 saturated heterocycles. The molecule has 0 bridgehead atoms. The van der Waals surface area contributed by atoms with E-state index in [0.29, 0.717) is 12.3 Å². The molecule has 0 amide bonds. The molecule has 94 valence electrons. The van der Waals surface area contributed by atoms with Crippen LogP contribution < -0.4 is 0 Å². The molecule has 1 atom stereocenters. The maximum absolute atomic E-state index is 11.9. The Balaban J connectivity index is 2.81. The van der Waals surface area contributed by atoms with Crippen molar-refractivity contribution in [2.45, 2.75) is 53.4 Å². The van der Waals surface area contributed by atoms with Gasteiger partial charge >= 0.3 is 0 Å². The van der Waals surface area contributed by atoms with Crippen LogP contribution in [0.25, 0.3) is 0 Å². The van der Waals surface area contributed by atoms with Crippen LogP contribution in [0.1, 0.15) is 53.4 Å². The SMILES string of the molecule is CC(=O)CCC1CCC(=C(C)C)C(=O)C=C1C. The van der Waals surface area contributed by atoms with E-state index in [1.54, 1.807) is 13.0 Å². The number of rotatable bonds is 3. The first-order chi connectivity index (χ1) is 7.91. The van der Waals surface area contributed by atoms with Crippen molar-refractivity contribution in [2.75, 3.05) is 0 Å². The van der Waals surface area contributed by atoms with E-state index in [-0.39, 0.29) is 11.6 Å². The molecule has 0 aliphatic heterocycles. The van der Waals surface area contributed by atoms with Gasteiger partial charge < -0.3 is 4.79 Å². The predicted molar refractivity (Wildman–Crippen MR) is 69.8 cm³/mol. The van der Waals surface area contributed by atoms with Gasteiger partial charge in [0.1, 0.15) is 5.78 Å². The number of hydrogen-bond donors (Lipinski definition) is 0. The van der Waals surface area contributed by atoms with Gasteiger partial charge in [0.25, 0.3) is 0 Å². The van der Waals surface area contributed by atoms with Gasteiger partial charge in [0.15, 0.2) is 5.78 Å². The van der Waals surface area contributed by atoms with Gasteiger partial charge in [0.2, 0.25) is 0 Å². The summed E-state index contributed by atoms with van der Waals surface area (Å²) in [5.74, 6) is 0.781. The second kappa shape index (κ2) is 5.95. The molecule has 1 aliphatic carbocycles. The molecule has 0 saturated carbocycles. The van der Waals surface area contributed by atoms with Gasteiger partial charge in [-0.15, -0.1) is 0 Å². The minimum Gasteiger partial charge on any atom is -0.300 e. The fourth-order valence-electron chi connectivity index (χ4n) is 2.33. The average Bonchev–Trinajstić information content (AvgIpc) is 2.34. The molecule has 1 unspecified atom stereocenters. The summed E-state index contributed by atoms with van der Waals surface area (Å²) in [6.07, 6.45) is 5.09. The number of carbonyl (C=O) groups excluding carboxylic acids is 2. The fraction of sp³-hybridized carbons (Fsp3) is 0.600. The third-order valence-electron chi connectivity index (χ3n) is 3.49. The zero-order chi connectivity index (χ0) is 13.0. The Morgan fingerprint density at radius 2 is 2.00 bits per heavy atom. The van der Waals surface area contributed by atoms with Crippen molar-refractivity contribution in [3.05, 3.63) is 22.8 Å². The highest BCUT2D eigenvalue weighted by atomic mass is 16.1. The summed E-state index contributed by atoms with van der Waals surface area (Å²) in [6, 6.07) is 0. The van der Waals surface area contributed by atoms with Crippen molar-refractivity contribution < 1.29 is 9.59 Å². The maximum Gasteiger partial charge on any atom is 0.181 e. The van der Waals surface area contributed by atoms with Crippen LogP contribution in [-0.4, -0.2) is 11.6 Å². The molecule has 0 heterocycles. The fourth-order valence-corrected chi connectivity index (χ4v) is 2.33. The van der Waals surface area contributed by atoms with E-state index in [9.17, 15) is 9.59 Å². The van der Waals surface area contributed by atoms with E-state index in [2.05, 4.69) is 0 Å². The lowest BCUT2D eigenvalue weighted by atomic mass is 9.90. The van der Waals surface area contributed by atoms with E-state index in [1.165, 1.54) is 0 Å². The van der Waals surface area contributed by atoms with Crippen LogP contribution >= 0.6 is 0 Å². The van der Waals surface area contributed by atoms with E-state index < -0.39 is 0 Å². The highest BCUT2D eigenvalue weighted by Crippen LogP contribution is 2.29. The third kappa shape index (κ3) is 3.95. The first-order valence-corrected chi connectivity index (χ1v) is 6.30. The van der Waals surface area contributed by atoms with Crippen LogP contribution in [0.5, 0.6) is 0 Å². The van der Waals surface area contributed by atoms with Crippen LogP contribution in [0.15, 0.2) is 22.8 Å². The summed E-state index contributed by atoms with van der Waals surface area (Å²) >= 11 is 0. The molecular formula is C15H22O2. The van der Waals surface area contributed by atoms with Gasteiger partial charge in [0.05, 0.1) is 0 Å². The van der Waals surface area contributed by atoms with Crippen molar-refractivity contribution in [1.29, 1.82) is 0 Å². The van der Waals surface area contributed by atoms with E-state index in [0.717, 1.165) is 36.0 Å². The van der Waals surface area contributed by atoms with Crippen molar-refractivity contribution in [1.82, 2.24) is 0 Å². The Morgan fingerprint density at radius 3 is 2.53 bits per heavy atom. The summed E-state index contributed by atoms with van der Waals surface area (Å²) < 4.78 is 0. The monoisotopic (exact) mass is 234 g/mol. The smallest absolute Gasteiger partial charge is 0.181 e. The largest absolute Gasteiger partial charge is 0.300 e. The number of allylic oxidation sites excluding steroid dienone is 4. The van der Waals surface area contributed by atoms with Gasteiger partial charge in [-0.1, -0.05) is 11.1 Å². The molecule has 2 heteroatoms. The number of ketones is 2. The van der Waals surface area contributed by atoms with Gasteiger partial charge in [-0.2, -0.15) is 0 Å². The first-order valence-electron chi connectivity index (χ1n) is 6.30. The zero-order valence-electron chi connectivity index (χ0n) is 11.3. The van der Waals surface area contributed by atoms with Crippen LogP contribution in [-0.2, 0) is 9.59 Å². The summed E-state index contributed by atoms with van der Waals surface area (Å²) in [6.45, 7) is 7.62. The molecular weight excluding hydrogens is 212 g/mol. The molecule has 1 rings (SSSR count). The van der Waals surface area contributed by atoms with Crippen LogP contribution in [0, 0.1) is 5.92 Å². The second-order valence-corrected chi connectivity index (χ2v) is 5.21. The van der Waals surface area contributed by atoms with E-state index in [4.69, 9.17) is 0 Å². The van der Waals surface area contributed by atoms with Crippen molar-refractivity contribution in [2.24, 2.45) is 5.92 Å². The minimum atomic E-state index is 0.160. The number of carbonyl (C=O) groups is 2. The van der Waals surface area contributed by atoms with Gasteiger partial charge in [-0.05, 0) is 64.5 Å². The van der Waals surface area contributed by atoms with E-state index in [1.807, 2.05) is 20.8 Å². The standard InChI is InChI=1S/C15H22O2/c1-10(2)14-8-7-13(6-5-12(4)16)11(3)9-15(14)17/h9,13H,5-8H2,1-4H3. The molecule has 1 aliphatic rings. The van der Waals surface area contributed by atoms with Gasteiger partial charge in [-0.25, -0.2) is 0 Å². The molecule has 0 fully saturated rings. The van der Waals surface area contributed by atoms with Crippen LogP contribution in [0.2, 0.25) is 0 Å². The Morgan fingerprint density at radius 1 is 1.35 bits per heavy atom. The summed E-state index contributed by atoms with van der Waals surface area (Å²) in [5.41, 5.74) is 3.20. The number of Topliss-reactive ketones (excluding diaryl/α,β-unsaturated/α-hetero) is 1. The molecule has 0 radical (unpaired) electrons. The summed E-state index contributed by atoms with van der Waals surface area (Å²) in [4.78, 5) is 23.0. The van der Waals surface area contributed by atoms with Gasteiger partial charge in [-0.3, -0.25) is 4.79 Å². The highest BCUT2D eigenvalue weighted by molar-refractivity contribution is 6.05. The third-order valence-corrected chi connectivity index (χ3v) is 3.49. The Labute approximate surface area is 104 Å². The highest BCUT2D eigenvalue weighted by Gasteiger charge is 2.20. The molecule has 0 aromatic heterocycles. The molecule has 0 aromatic rings. The molecule has 0 spiro atoms. The summed E-state index contributed by atoms with van der Waals surface area (Å²) in [7, 11) is 0. The average molecular weight is 234 g/mol. The molecule has 17 heavy (non-hydrogen) atoms. The van der Waals surface area contributed by atoms with Crippen LogP contribution in [0.4, 0.5) is 0 Å². The maximum atomic E-state index is 11.9. The van der Waals surface area contributed by atoms with Crippen LogP contribution in [0.3, 0.4) is 0 Å². The van der Waals surface area contributed by atoms with Crippen molar-refractivity contribution >= 4 is 11.6 Å². The lowest BCUT2D eigenvalue weighted by Gasteiger charge is -2.14. The lowest BCUT2D eigenvalue weighted by molar-refractivity contribution is -0.117. The molecule has 0 aromatic carbocycles. The predicted octanol–water partition coefficient (Wildman–Crippen LogP) is 3.62. The quantitative estimate of drug-likeness (QED) is 0.699. The zero-order valence-corrected chi connectivity index (χ0v) is 11.3. The Hall–Kier alpha value is -1.18. The second-order valence-electron chi connectivity index (χ2n) is 5.21. The van der Waals surface area contributed by atoms with E-state index >= 15 is 0 Å². The minimum absolute atomic E-state index is 0.160. The Kier molecular flexibility index (Phi) is 4.86. The summed E-state index contributed by atoms with van der Waals surface area (Å²) in [5, 5.41) is 0.